The first-order valence-electron chi connectivity index (χ1n) is 8.35. The zero-order valence-corrected chi connectivity index (χ0v) is 16.0. The van der Waals surface area contributed by atoms with Crippen molar-refractivity contribution in [1.29, 1.82) is 0 Å². The Labute approximate surface area is 150 Å². The van der Waals surface area contributed by atoms with Crippen molar-refractivity contribution in [2.75, 3.05) is 13.7 Å². The number of halogens is 1. The molecule has 0 saturated carbocycles. The molecule has 0 aliphatic carbocycles. The van der Waals surface area contributed by atoms with Crippen molar-refractivity contribution in [1.82, 2.24) is 10.4 Å². The van der Waals surface area contributed by atoms with Crippen LogP contribution in [0.4, 0.5) is 0 Å². The molecular formula is C19H28ClN2O2. The second kappa shape index (κ2) is 7.44. The number of hydroxylamine groups is 2. The Bertz CT molecular complexity index is 564. The van der Waals surface area contributed by atoms with E-state index in [9.17, 15) is 5.21 Å². The van der Waals surface area contributed by atoms with Gasteiger partial charge in [-0.3, -0.25) is 0 Å². The minimum absolute atomic E-state index is 0.221. The fraction of sp³-hybridized carbons (Fsp3) is 0.579. The maximum Gasteiger partial charge on any atom is 0.0666 e. The summed E-state index contributed by atoms with van der Waals surface area (Å²) in [6.45, 7) is 8.57. The molecule has 5 heteroatoms. The molecule has 0 atom stereocenters. The highest BCUT2D eigenvalue weighted by molar-refractivity contribution is 6.30. The standard InChI is InChI=1S/C19H28ClN2O2/c1-18(2)12-16(13-19(3,4)22(18)23)21-17(10-11-24-5)14-6-8-15(20)9-7-14/h6-10,16,21H,11-13H2,1-5H3/b17-10-. The SMILES string of the molecule is COC/C=C(\NC1CC(C)(C)N([O])C(C)(C)C1)c1ccc(Cl)cc1. The summed E-state index contributed by atoms with van der Waals surface area (Å²) in [6.07, 6.45) is 3.61. The van der Waals surface area contributed by atoms with E-state index in [2.05, 4.69) is 5.32 Å². The van der Waals surface area contributed by atoms with E-state index < -0.39 is 11.1 Å². The van der Waals surface area contributed by atoms with Crippen LogP contribution in [0, 0.1) is 0 Å². The second-order valence-corrected chi connectivity index (χ2v) is 8.19. The molecule has 1 heterocycles. The molecule has 4 nitrogen and oxygen atoms in total. The third kappa shape index (κ3) is 4.51. The topological polar surface area (TPSA) is 44.4 Å². The molecule has 1 saturated heterocycles. The van der Waals surface area contributed by atoms with E-state index in [1.807, 2.05) is 58.0 Å². The van der Waals surface area contributed by atoms with Crippen molar-refractivity contribution in [3.8, 4) is 0 Å². The molecule has 0 amide bonds. The summed E-state index contributed by atoms with van der Waals surface area (Å²) in [7, 11) is 1.68. The molecule has 0 bridgehead atoms. The van der Waals surface area contributed by atoms with Gasteiger partial charge >= 0.3 is 0 Å². The zero-order valence-electron chi connectivity index (χ0n) is 15.2. The monoisotopic (exact) mass is 351 g/mol. The molecule has 133 valence electrons. The van der Waals surface area contributed by atoms with Crippen LogP contribution in [0.1, 0.15) is 46.1 Å². The fourth-order valence-electron chi connectivity index (χ4n) is 3.64. The van der Waals surface area contributed by atoms with Crippen molar-refractivity contribution >= 4 is 17.3 Å². The van der Waals surface area contributed by atoms with Gasteiger partial charge in [-0.1, -0.05) is 23.7 Å². The number of benzene rings is 1. The van der Waals surface area contributed by atoms with E-state index in [0.29, 0.717) is 11.6 Å². The lowest BCUT2D eigenvalue weighted by Crippen LogP contribution is -2.61. The second-order valence-electron chi connectivity index (χ2n) is 7.75. The molecule has 1 aromatic rings. The average molecular weight is 352 g/mol. The van der Waals surface area contributed by atoms with Gasteiger partial charge in [-0.15, -0.1) is 10.3 Å². The predicted molar refractivity (Wildman–Crippen MR) is 98.1 cm³/mol. The molecule has 1 aromatic carbocycles. The molecule has 0 unspecified atom stereocenters. The molecule has 24 heavy (non-hydrogen) atoms. The van der Waals surface area contributed by atoms with Gasteiger partial charge in [0.1, 0.15) is 0 Å². The summed E-state index contributed by atoms with van der Waals surface area (Å²) < 4.78 is 5.20. The highest BCUT2D eigenvalue weighted by atomic mass is 35.5. The van der Waals surface area contributed by atoms with Crippen molar-refractivity contribution in [3.63, 3.8) is 0 Å². The van der Waals surface area contributed by atoms with Crippen LogP contribution in [0.15, 0.2) is 30.3 Å². The molecule has 1 aliphatic rings. The first-order valence-corrected chi connectivity index (χ1v) is 8.72. The van der Waals surface area contributed by atoms with Gasteiger partial charge in [0, 0.05) is 34.9 Å². The quantitative estimate of drug-likeness (QED) is 0.860. The lowest BCUT2D eigenvalue weighted by atomic mass is 9.79. The maximum absolute atomic E-state index is 12.5. The van der Waals surface area contributed by atoms with Gasteiger partial charge in [0.2, 0.25) is 0 Å². The number of ether oxygens (including phenoxy) is 1. The Hall–Kier alpha value is -1.07. The largest absolute Gasteiger partial charge is 0.382 e. The van der Waals surface area contributed by atoms with Crippen LogP contribution in [-0.4, -0.2) is 35.9 Å². The number of nitrogens with one attached hydrogen (secondary N) is 1. The van der Waals surface area contributed by atoms with Crippen LogP contribution in [0.2, 0.25) is 5.02 Å². The summed E-state index contributed by atoms with van der Waals surface area (Å²) in [5.74, 6) is 0. The number of hydrogen-bond acceptors (Lipinski definition) is 3. The summed E-state index contributed by atoms with van der Waals surface area (Å²) >= 11 is 6.00. The predicted octanol–water partition coefficient (Wildman–Crippen LogP) is 4.28. The van der Waals surface area contributed by atoms with Crippen LogP contribution in [0.25, 0.3) is 5.70 Å². The summed E-state index contributed by atoms with van der Waals surface area (Å²) in [4.78, 5) is 0. The molecule has 1 aliphatic heterocycles. The van der Waals surface area contributed by atoms with Crippen molar-refractivity contribution in [3.05, 3.63) is 40.9 Å². The summed E-state index contributed by atoms with van der Waals surface area (Å²) in [5, 5.41) is 18.1. The van der Waals surface area contributed by atoms with E-state index in [4.69, 9.17) is 16.3 Å². The minimum atomic E-state index is -0.397. The number of hydrogen-bond donors (Lipinski definition) is 1. The van der Waals surface area contributed by atoms with E-state index in [-0.39, 0.29) is 6.04 Å². The number of methoxy groups -OCH3 is 1. The highest BCUT2D eigenvalue weighted by Crippen LogP contribution is 2.37. The minimum Gasteiger partial charge on any atom is -0.382 e. The van der Waals surface area contributed by atoms with Crippen molar-refractivity contribution in [2.45, 2.75) is 57.7 Å². The lowest BCUT2D eigenvalue weighted by Gasteiger charge is -2.50. The molecule has 0 aromatic heterocycles. The van der Waals surface area contributed by atoms with Crippen LogP contribution in [0.5, 0.6) is 0 Å². The molecule has 1 fully saturated rings. The molecule has 2 rings (SSSR count). The average Bonchev–Trinajstić information content (AvgIpc) is 2.49. The fourth-order valence-corrected chi connectivity index (χ4v) is 3.77. The van der Waals surface area contributed by atoms with Gasteiger partial charge < -0.3 is 10.1 Å². The first-order chi connectivity index (χ1) is 11.2. The maximum atomic E-state index is 12.5. The Balaban J connectivity index is 2.22. The van der Waals surface area contributed by atoms with Crippen LogP contribution < -0.4 is 5.32 Å². The molecule has 1 radical (unpaired) electrons. The Kier molecular flexibility index (Phi) is 5.97. The van der Waals surface area contributed by atoms with Gasteiger partial charge in [0.05, 0.1) is 6.61 Å². The third-order valence-electron chi connectivity index (χ3n) is 4.56. The Morgan fingerprint density at radius 1 is 1.25 bits per heavy atom. The van der Waals surface area contributed by atoms with Gasteiger partial charge in [-0.2, -0.15) is 0 Å². The van der Waals surface area contributed by atoms with Crippen LogP contribution in [0.3, 0.4) is 0 Å². The van der Waals surface area contributed by atoms with Crippen molar-refractivity contribution < 1.29 is 9.94 Å². The highest BCUT2D eigenvalue weighted by Gasteiger charge is 2.46. The summed E-state index contributed by atoms with van der Waals surface area (Å²) in [6, 6.07) is 7.98. The summed E-state index contributed by atoms with van der Waals surface area (Å²) in [5.41, 5.74) is 1.29. The molecule has 0 spiro atoms. The molecular weight excluding hydrogens is 324 g/mol. The van der Waals surface area contributed by atoms with E-state index in [1.54, 1.807) is 7.11 Å². The lowest BCUT2D eigenvalue weighted by molar-refractivity contribution is -0.289. The number of piperidine rings is 1. The number of rotatable bonds is 5. The first kappa shape index (κ1) is 19.3. The van der Waals surface area contributed by atoms with Gasteiger partial charge in [0.15, 0.2) is 0 Å². The van der Waals surface area contributed by atoms with Gasteiger partial charge in [-0.25, -0.2) is 0 Å². The van der Waals surface area contributed by atoms with Gasteiger partial charge in [-0.05, 0) is 64.3 Å². The van der Waals surface area contributed by atoms with E-state index in [0.717, 1.165) is 24.1 Å². The Morgan fingerprint density at radius 2 is 1.79 bits per heavy atom. The van der Waals surface area contributed by atoms with Crippen LogP contribution >= 0.6 is 11.6 Å². The molecule has 1 N–H and O–H groups in total. The number of nitrogens with zero attached hydrogens (tertiary/aromatic N) is 1. The van der Waals surface area contributed by atoms with Crippen molar-refractivity contribution in [2.24, 2.45) is 0 Å². The normalized spacial score (nSPS) is 21.7. The van der Waals surface area contributed by atoms with E-state index in [1.165, 1.54) is 5.06 Å². The smallest absolute Gasteiger partial charge is 0.0666 e. The third-order valence-corrected chi connectivity index (χ3v) is 4.81. The Morgan fingerprint density at radius 3 is 2.29 bits per heavy atom. The van der Waals surface area contributed by atoms with E-state index >= 15 is 0 Å². The van der Waals surface area contributed by atoms with Crippen LogP contribution in [-0.2, 0) is 9.94 Å². The van der Waals surface area contributed by atoms with Gasteiger partial charge in [0.25, 0.3) is 0 Å². The zero-order chi connectivity index (χ0) is 18.0.